The number of carboxylic acid groups (broad SMARTS) is 1. The van der Waals surface area contributed by atoms with Crippen molar-refractivity contribution in [2.45, 2.75) is 35.7 Å². The van der Waals surface area contributed by atoms with Gasteiger partial charge in [-0.25, -0.2) is 8.42 Å². The third kappa shape index (κ3) is 4.35. The first-order valence-corrected chi connectivity index (χ1v) is 11.4. The maximum Gasteiger partial charge on any atom is 0.416 e. The van der Waals surface area contributed by atoms with E-state index in [1.165, 1.54) is 48.2 Å². The molecular weight excluding hydrogens is 439 g/mol. The van der Waals surface area contributed by atoms with Gasteiger partial charge in [0, 0.05) is 17.0 Å². The molecule has 1 saturated heterocycles. The fourth-order valence-corrected chi connectivity index (χ4v) is 6.54. The first-order valence-electron chi connectivity index (χ1n) is 9.00. The van der Waals surface area contributed by atoms with E-state index in [2.05, 4.69) is 0 Å². The fraction of sp³-hybridized carbons (Fsp3) is 0.350. The summed E-state index contributed by atoms with van der Waals surface area (Å²) in [4.78, 5) is 11.7. The van der Waals surface area contributed by atoms with Crippen LogP contribution in [0.25, 0.3) is 11.1 Å². The molecular formula is C20H20F3NO4S2. The van der Waals surface area contributed by atoms with Crippen molar-refractivity contribution in [1.82, 2.24) is 4.31 Å². The zero-order valence-corrected chi connectivity index (χ0v) is 17.8. The molecule has 0 saturated carbocycles. The number of aliphatic carboxylic acids is 1. The number of nitrogens with zero attached hydrogens (tertiary/aromatic N) is 1. The molecule has 0 bridgehead atoms. The van der Waals surface area contributed by atoms with Crippen LogP contribution in [0.15, 0.2) is 53.4 Å². The van der Waals surface area contributed by atoms with Crippen molar-refractivity contribution in [3.8, 4) is 11.1 Å². The molecule has 1 aliphatic rings. The molecule has 162 valence electrons. The van der Waals surface area contributed by atoms with Crippen LogP contribution in [0, 0.1) is 0 Å². The van der Waals surface area contributed by atoms with Crippen molar-refractivity contribution in [3.63, 3.8) is 0 Å². The molecule has 2 aromatic carbocycles. The number of hydrogen-bond acceptors (Lipinski definition) is 4. The number of rotatable bonds is 4. The molecule has 1 N–H and O–H groups in total. The summed E-state index contributed by atoms with van der Waals surface area (Å²) in [5.41, 5.74) is 0.286. The van der Waals surface area contributed by atoms with Gasteiger partial charge in [-0.15, -0.1) is 0 Å². The van der Waals surface area contributed by atoms with Crippen LogP contribution in [0.5, 0.6) is 0 Å². The highest BCUT2D eigenvalue weighted by Gasteiger charge is 2.48. The maximum absolute atomic E-state index is 13.1. The Hall–Kier alpha value is -2.04. The molecule has 5 nitrogen and oxygen atoms in total. The van der Waals surface area contributed by atoms with Crippen molar-refractivity contribution < 1.29 is 31.5 Å². The predicted octanol–water partition coefficient (Wildman–Crippen LogP) is 4.34. The highest BCUT2D eigenvalue weighted by atomic mass is 32.2. The first-order chi connectivity index (χ1) is 13.8. The Morgan fingerprint density at radius 1 is 1.07 bits per heavy atom. The summed E-state index contributed by atoms with van der Waals surface area (Å²) in [6.45, 7) is 3.48. The molecule has 30 heavy (non-hydrogen) atoms. The smallest absolute Gasteiger partial charge is 0.416 e. The molecule has 1 atom stereocenters. The van der Waals surface area contributed by atoms with Crippen LogP contribution in [0.2, 0.25) is 0 Å². The molecule has 0 aromatic heterocycles. The van der Waals surface area contributed by atoms with Gasteiger partial charge >= 0.3 is 12.1 Å². The van der Waals surface area contributed by atoms with Gasteiger partial charge in [0.15, 0.2) is 0 Å². The van der Waals surface area contributed by atoms with E-state index in [-0.39, 0.29) is 11.4 Å². The van der Waals surface area contributed by atoms with Crippen LogP contribution < -0.4 is 0 Å². The van der Waals surface area contributed by atoms with Crippen LogP contribution in [-0.4, -0.2) is 46.9 Å². The first kappa shape index (κ1) is 22.6. The zero-order chi connectivity index (χ0) is 22.3. The van der Waals surface area contributed by atoms with Gasteiger partial charge < -0.3 is 5.11 Å². The number of hydrogen-bond donors (Lipinski definition) is 1. The molecule has 1 heterocycles. The Labute approximate surface area is 176 Å². The molecule has 1 aliphatic heterocycles. The lowest BCUT2D eigenvalue weighted by molar-refractivity contribution is -0.142. The van der Waals surface area contributed by atoms with Gasteiger partial charge in [0.2, 0.25) is 10.0 Å². The van der Waals surface area contributed by atoms with Gasteiger partial charge in [-0.3, -0.25) is 4.79 Å². The third-order valence-corrected chi connectivity index (χ3v) is 8.21. The number of halogens is 3. The van der Waals surface area contributed by atoms with E-state index < -0.39 is 38.5 Å². The predicted molar refractivity (Wildman–Crippen MR) is 109 cm³/mol. The average molecular weight is 460 g/mol. The monoisotopic (exact) mass is 459 g/mol. The van der Waals surface area contributed by atoms with Crippen molar-refractivity contribution >= 4 is 27.8 Å². The van der Waals surface area contributed by atoms with E-state index in [9.17, 15) is 31.5 Å². The normalized spacial score (nSPS) is 20.1. The number of sulfonamides is 1. The van der Waals surface area contributed by atoms with Crippen molar-refractivity contribution in [2.24, 2.45) is 0 Å². The van der Waals surface area contributed by atoms with E-state index >= 15 is 0 Å². The largest absolute Gasteiger partial charge is 0.480 e. The van der Waals surface area contributed by atoms with E-state index in [0.717, 1.165) is 16.4 Å². The topological polar surface area (TPSA) is 74.7 Å². The van der Waals surface area contributed by atoms with E-state index in [1.54, 1.807) is 13.8 Å². The van der Waals surface area contributed by atoms with Gasteiger partial charge in [-0.2, -0.15) is 29.2 Å². The molecule has 1 fully saturated rings. The molecule has 0 amide bonds. The highest BCUT2D eigenvalue weighted by molar-refractivity contribution is 8.00. The van der Waals surface area contributed by atoms with Crippen LogP contribution >= 0.6 is 11.8 Å². The van der Waals surface area contributed by atoms with Gasteiger partial charge in [-0.05, 0) is 49.2 Å². The van der Waals surface area contributed by atoms with E-state index in [4.69, 9.17) is 0 Å². The molecule has 2 aromatic rings. The second-order valence-corrected chi connectivity index (χ2v) is 11.0. The van der Waals surface area contributed by atoms with Crippen LogP contribution in [0.1, 0.15) is 19.4 Å². The summed E-state index contributed by atoms with van der Waals surface area (Å²) >= 11 is 1.41. The lowest BCUT2D eigenvalue weighted by atomic mass is 10.0. The summed E-state index contributed by atoms with van der Waals surface area (Å²) < 4.78 is 64.6. The number of thioether (sulfide) groups is 1. The molecule has 0 unspecified atom stereocenters. The molecule has 0 aliphatic carbocycles. The molecule has 0 spiro atoms. The summed E-state index contributed by atoms with van der Waals surface area (Å²) in [5, 5.41) is 9.63. The SMILES string of the molecule is CC1(C)SCCN(S(=O)(=O)c2ccc(-c3ccc(C(F)(F)F)cc3)cc2)[C@H]1C(=O)O. The minimum atomic E-state index is -4.43. The van der Waals surface area contributed by atoms with Gasteiger partial charge in [-0.1, -0.05) is 24.3 Å². The number of benzene rings is 2. The summed E-state index contributed by atoms with van der Waals surface area (Å²) in [6, 6.07) is 9.02. The Bertz CT molecular complexity index is 1030. The Morgan fingerprint density at radius 3 is 2.03 bits per heavy atom. The number of alkyl halides is 3. The van der Waals surface area contributed by atoms with Gasteiger partial charge in [0.05, 0.1) is 10.5 Å². The Morgan fingerprint density at radius 2 is 1.57 bits per heavy atom. The van der Waals surface area contributed by atoms with Gasteiger partial charge in [0.1, 0.15) is 6.04 Å². The second kappa shape index (κ2) is 7.90. The number of carbonyl (C=O) groups is 1. The van der Waals surface area contributed by atoms with E-state index in [0.29, 0.717) is 16.9 Å². The quantitative estimate of drug-likeness (QED) is 0.736. The summed E-state index contributed by atoms with van der Waals surface area (Å²) in [7, 11) is -4.06. The Balaban J connectivity index is 1.90. The lowest BCUT2D eigenvalue weighted by Crippen LogP contribution is -2.58. The van der Waals surface area contributed by atoms with Crippen molar-refractivity contribution in [1.29, 1.82) is 0 Å². The van der Waals surface area contributed by atoms with Crippen molar-refractivity contribution in [3.05, 3.63) is 54.1 Å². The molecule has 10 heteroatoms. The summed E-state index contributed by atoms with van der Waals surface area (Å²) in [5.74, 6) is -0.739. The third-order valence-electron chi connectivity index (χ3n) is 4.97. The van der Waals surface area contributed by atoms with Crippen LogP contribution in [-0.2, 0) is 21.0 Å². The Kier molecular flexibility index (Phi) is 5.96. The maximum atomic E-state index is 13.1. The van der Waals surface area contributed by atoms with Crippen molar-refractivity contribution in [2.75, 3.05) is 12.3 Å². The highest BCUT2D eigenvalue weighted by Crippen LogP contribution is 2.38. The average Bonchev–Trinajstić information content (AvgIpc) is 2.66. The molecule has 0 radical (unpaired) electrons. The molecule has 3 rings (SSSR count). The minimum absolute atomic E-state index is 0.0629. The fourth-order valence-electron chi connectivity index (χ4n) is 3.44. The lowest BCUT2D eigenvalue weighted by Gasteiger charge is -2.42. The zero-order valence-electron chi connectivity index (χ0n) is 16.2. The van der Waals surface area contributed by atoms with E-state index in [1.807, 2.05) is 0 Å². The van der Waals surface area contributed by atoms with Crippen LogP contribution in [0.4, 0.5) is 13.2 Å². The number of carboxylic acids is 1. The minimum Gasteiger partial charge on any atom is -0.480 e. The van der Waals surface area contributed by atoms with Crippen LogP contribution in [0.3, 0.4) is 0 Å². The van der Waals surface area contributed by atoms with Gasteiger partial charge in [0.25, 0.3) is 0 Å². The standard InChI is InChI=1S/C20H20F3NO4S2/c1-19(2)17(18(25)26)24(11-12-29-19)30(27,28)16-9-5-14(6-10-16)13-3-7-15(8-4-13)20(21,22)23/h3-10,17H,11-12H2,1-2H3,(H,25,26)/t17-/m0/s1. The second-order valence-electron chi connectivity index (χ2n) is 7.41. The summed E-state index contributed by atoms with van der Waals surface area (Å²) in [6.07, 6.45) is -4.43.